The van der Waals surface area contributed by atoms with E-state index < -0.39 is 29.1 Å². The number of anilines is 1. The standard InChI is InChI=1S/C18H21ClN4O4S.C2HF3O2/c19-17-16(7-4-8-21-17)23(28(25)26)12-15-11-22(10-9-20-15)18(24)27-13-14-5-2-1-3-6-14;3-2(4,5)1(6)7/h1-8,15,20,28H,9-13H2;(H,6,7). The highest BCUT2D eigenvalue weighted by atomic mass is 35.5. The van der Waals surface area contributed by atoms with Crippen molar-refractivity contribution in [3.8, 4) is 0 Å². The van der Waals surface area contributed by atoms with Crippen molar-refractivity contribution < 1.29 is 41.0 Å². The van der Waals surface area contributed by atoms with Crippen molar-refractivity contribution in [2.75, 3.05) is 30.5 Å². The number of thiol groups is 1. The summed E-state index contributed by atoms with van der Waals surface area (Å²) in [6, 6.07) is 12.4. The number of hydrogen-bond acceptors (Lipinski definition) is 7. The van der Waals surface area contributed by atoms with Crippen LogP contribution in [0.1, 0.15) is 5.56 Å². The third-order valence-corrected chi connectivity index (χ3v) is 5.63. The summed E-state index contributed by atoms with van der Waals surface area (Å²) in [7, 11) is -2.91. The van der Waals surface area contributed by atoms with Gasteiger partial charge in [0.05, 0.1) is 12.2 Å². The monoisotopic (exact) mass is 538 g/mol. The van der Waals surface area contributed by atoms with Crippen LogP contribution in [0.4, 0.5) is 23.7 Å². The zero-order chi connectivity index (χ0) is 26.0. The van der Waals surface area contributed by atoms with Crippen molar-refractivity contribution in [1.82, 2.24) is 15.2 Å². The second kappa shape index (κ2) is 13.1. The Morgan fingerprint density at radius 3 is 2.46 bits per heavy atom. The van der Waals surface area contributed by atoms with Crippen LogP contribution in [0.5, 0.6) is 0 Å². The van der Waals surface area contributed by atoms with E-state index in [1.165, 1.54) is 10.5 Å². The maximum absolute atomic E-state index is 12.4. The van der Waals surface area contributed by atoms with Crippen LogP contribution in [0.25, 0.3) is 0 Å². The number of carbonyl (C=O) groups excluding carboxylic acids is 1. The molecule has 0 bridgehead atoms. The molecule has 0 saturated carbocycles. The number of pyridine rings is 1. The summed E-state index contributed by atoms with van der Waals surface area (Å²) in [5.74, 6) is -2.76. The highest BCUT2D eigenvalue weighted by Crippen LogP contribution is 2.23. The van der Waals surface area contributed by atoms with Crippen molar-refractivity contribution in [2.24, 2.45) is 0 Å². The number of ether oxygens (including phenoxy) is 1. The number of carboxylic acid groups (broad SMARTS) is 1. The maximum Gasteiger partial charge on any atom is 0.490 e. The Balaban J connectivity index is 0.000000540. The number of aromatic nitrogens is 1. The number of nitrogens with zero attached hydrogens (tertiary/aromatic N) is 3. The molecule has 0 spiro atoms. The summed E-state index contributed by atoms with van der Waals surface area (Å²) in [6.07, 6.45) is -4.02. The SMILES string of the molecule is O=C(O)C(F)(F)F.O=C(OCc1ccccc1)N1CCNC(CN(c2cccnc2Cl)[SH](=O)=O)C1. The summed E-state index contributed by atoms with van der Waals surface area (Å²) in [6.45, 7) is 1.67. The molecule has 1 aliphatic rings. The second-order valence-electron chi connectivity index (χ2n) is 7.07. The van der Waals surface area contributed by atoms with Crippen LogP contribution in [0.2, 0.25) is 5.15 Å². The van der Waals surface area contributed by atoms with Crippen LogP contribution in [-0.2, 0) is 27.0 Å². The molecule has 1 saturated heterocycles. The molecule has 15 heteroatoms. The molecular weight excluding hydrogens is 517 g/mol. The van der Waals surface area contributed by atoms with E-state index in [1.54, 1.807) is 17.0 Å². The largest absolute Gasteiger partial charge is 0.490 e. The molecule has 1 unspecified atom stereocenters. The number of nitrogens with one attached hydrogen (secondary N) is 1. The number of alkyl halides is 3. The molecule has 192 valence electrons. The number of carboxylic acids is 1. The minimum Gasteiger partial charge on any atom is -0.475 e. The Morgan fingerprint density at radius 1 is 1.23 bits per heavy atom. The van der Waals surface area contributed by atoms with Gasteiger partial charge in [-0.3, -0.25) is 4.31 Å². The lowest BCUT2D eigenvalue weighted by Gasteiger charge is -2.35. The summed E-state index contributed by atoms with van der Waals surface area (Å²) in [5.41, 5.74) is 1.22. The predicted molar refractivity (Wildman–Crippen MR) is 121 cm³/mol. The highest BCUT2D eigenvalue weighted by molar-refractivity contribution is 7.74. The van der Waals surface area contributed by atoms with Crippen LogP contribution >= 0.6 is 11.6 Å². The van der Waals surface area contributed by atoms with Crippen LogP contribution < -0.4 is 9.62 Å². The van der Waals surface area contributed by atoms with E-state index in [-0.39, 0.29) is 24.3 Å². The van der Waals surface area contributed by atoms with Gasteiger partial charge in [-0.1, -0.05) is 41.9 Å². The Labute approximate surface area is 205 Å². The van der Waals surface area contributed by atoms with Crippen LogP contribution in [0, 0.1) is 0 Å². The number of piperazine rings is 1. The van der Waals surface area contributed by atoms with Crippen LogP contribution in [-0.4, -0.2) is 73.9 Å². The molecule has 35 heavy (non-hydrogen) atoms. The summed E-state index contributed by atoms with van der Waals surface area (Å²) < 4.78 is 61.8. The maximum atomic E-state index is 12.4. The van der Waals surface area contributed by atoms with Gasteiger partial charge in [0, 0.05) is 31.9 Å². The molecule has 2 heterocycles. The van der Waals surface area contributed by atoms with E-state index in [9.17, 15) is 26.4 Å². The smallest absolute Gasteiger partial charge is 0.475 e. The van der Waals surface area contributed by atoms with E-state index >= 15 is 0 Å². The van der Waals surface area contributed by atoms with Crippen LogP contribution in [0.15, 0.2) is 48.7 Å². The van der Waals surface area contributed by atoms with Gasteiger partial charge in [0.15, 0.2) is 5.15 Å². The number of amides is 1. The Hall–Kier alpha value is -3.10. The summed E-state index contributed by atoms with van der Waals surface area (Å²) in [4.78, 5) is 26.8. The fourth-order valence-corrected chi connectivity index (χ4v) is 3.90. The van der Waals surface area contributed by atoms with Gasteiger partial charge in [0.1, 0.15) is 6.61 Å². The fourth-order valence-electron chi connectivity index (χ4n) is 2.96. The van der Waals surface area contributed by atoms with E-state index in [0.29, 0.717) is 25.3 Å². The van der Waals surface area contributed by atoms with Crippen molar-refractivity contribution in [3.63, 3.8) is 0 Å². The highest BCUT2D eigenvalue weighted by Gasteiger charge is 2.38. The predicted octanol–water partition coefficient (Wildman–Crippen LogP) is 2.31. The van der Waals surface area contributed by atoms with Gasteiger partial charge in [-0.2, -0.15) is 13.2 Å². The first-order chi connectivity index (χ1) is 16.5. The zero-order valence-corrected chi connectivity index (χ0v) is 19.7. The van der Waals surface area contributed by atoms with Crippen molar-refractivity contribution in [2.45, 2.75) is 18.8 Å². The number of aliphatic carboxylic acids is 1. The first-order valence-corrected chi connectivity index (χ1v) is 11.5. The molecule has 2 aromatic rings. The molecule has 0 radical (unpaired) electrons. The second-order valence-corrected chi connectivity index (χ2v) is 8.39. The molecule has 1 aliphatic heterocycles. The van der Waals surface area contributed by atoms with Crippen molar-refractivity contribution >= 4 is 40.2 Å². The van der Waals surface area contributed by atoms with E-state index in [0.717, 1.165) is 5.56 Å². The average molecular weight is 539 g/mol. The lowest BCUT2D eigenvalue weighted by atomic mass is 10.2. The molecule has 1 aromatic carbocycles. The van der Waals surface area contributed by atoms with Gasteiger partial charge in [0.2, 0.25) is 10.9 Å². The minimum absolute atomic E-state index is 0.108. The van der Waals surface area contributed by atoms with Gasteiger partial charge in [0.25, 0.3) is 0 Å². The van der Waals surface area contributed by atoms with Crippen molar-refractivity contribution in [3.05, 3.63) is 59.4 Å². The number of carbonyl (C=O) groups is 2. The van der Waals surface area contributed by atoms with Gasteiger partial charge < -0.3 is 20.1 Å². The molecule has 2 N–H and O–H groups in total. The van der Waals surface area contributed by atoms with Gasteiger partial charge in [-0.05, 0) is 17.7 Å². The Bertz CT molecular complexity index is 1070. The third-order valence-electron chi connectivity index (χ3n) is 4.57. The molecule has 1 aromatic heterocycles. The van der Waals surface area contributed by atoms with E-state index in [2.05, 4.69) is 10.3 Å². The van der Waals surface area contributed by atoms with Gasteiger partial charge in [-0.25, -0.2) is 23.0 Å². The lowest BCUT2D eigenvalue weighted by Crippen LogP contribution is -2.56. The average Bonchev–Trinajstić information content (AvgIpc) is 2.82. The Kier molecular flexibility index (Phi) is 10.5. The third kappa shape index (κ3) is 9.22. The van der Waals surface area contributed by atoms with E-state index in [1.807, 2.05) is 30.3 Å². The topological polar surface area (TPSA) is 129 Å². The minimum atomic E-state index is -5.08. The fraction of sp³-hybridized carbons (Fsp3) is 0.350. The number of benzene rings is 1. The lowest BCUT2D eigenvalue weighted by molar-refractivity contribution is -0.192. The number of halogens is 4. The zero-order valence-electron chi connectivity index (χ0n) is 18.0. The number of rotatable bonds is 6. The molecular formula is C20H22ClF3N4O6S. The summed E-state index contributed by atoms with van der Waals surface area (Å²) in [5, 5.41) is 10.5. The first-order valence-electron chi connectivity index (χ1n) is 10.0. The molecule has 0 aliphatic carbocycles. The van der Waals surface area contributed by atoms with Crippen LogP contribution in [0.3, 0.4) is 0 Å². The van der Waals surface area contributed by atoms with Crippen molar-refractivity contribution in [1.29, 1.82) is 0 Å². The number of hydrogen-bond donors (Lipinski definition) is 3. The Morgan fingerprint density at radius 2 is 1.89 bits per heavy atom. The molecule has 10 nitrogen and oxygen atoms in total. The quantitative estimate of drug-likeness (QED) is 0.377. The molecule has 3 rings (SSSR count). The molecule has 1 fully saturated rings. The first kappa shape index (κ1) is 28.1. The van der Waals surface area contributed by atoms with Gasteiger partial charge in [-0.15, -0.1) is 0 Å². The molecule has 1 atom stereocenters. The molecule has 1 amide bonds. The van der Waals surface area contributed by atoms with E-state index in [4.69, 9.17) is 26.2 Å². The normalized spacial score (nSPS) is 15.7. The summed E-state index contributed by atoms with van der Waals surface area (Å²) >= 11 is 6.03. The van der Waals surface area contributed by atoms with Gasteiger partial charge >= 0.3 is 18.2 Å².